The molecule has 0 atom stereocenters. The molecule has 80 valence electrons. The quantitative estimate of drug-likeness (QED) is 0.759. The lowest BCUT2D eigenvalue weighted by Crippen LogP contribution is -2.13. The molecule has 0 aromatic carbocycles. The Morgan fingerprint density at radius 3 is 2.87 bits per heavy atom. The zero-order valence-electron chi connectivity index (χ0n) is 7.63. The maximum atomic E-state index is 11.6. The average molecular weight is 229 g/mol. The number of hydrogen-bond donors (Lipinski definition) is 2. The molecule has 0 radical (unpaired) electrons. The number of rotatable bonds is 3. The number of nitrogens with zero attached hydrogens (tertiary/aromatic N) is 3. The van der Waals surface area contributed by atoms with E-state index in [4.69, 9.17) is 0 Å². The van der Waals surface area contributed by atoms with Gasteiger partial charge in [0.1, 0.15) is 0 Å². The highest BCUT2D eigenvalue weighted by molar-refractivity contribution is 7.92. The molecule has 0 aliphatic rings. The van der Waals surface area contributed by atoms with Crippen molar-refractivity contribution in [3.8, 4) is 0 Å². The number of nitrogens with one attached hydrogen (secondary N) is 2. The molecule has 0 bridgehead atoms. The van der Waals surface area contributed by atoms with Crippen LogP contribution in [-0.2, 0) is 10.0 Å². The molecule has 8 nitrogen and oxygen atoms in total. The summed E-state index contributed by atoms with van der Waals surface area (Å²) < 4.78 is 29.8. The summed E-state index contributed by atoms with van der Waals surface area (Å²) in [7, 11) is -3.72. The summed E-state index contributed by atoms with van der Waals surface area (Å²) >= 11 is 0. The van der Waals surface area contributed by atoms with Gasteiger partial charge in [0, 0.05) is 0 Å². The molecule has 2 aromatic heterocycles. The highest BCUT2D eigenvalue weighted by Crippen LogP contribution is 2.10. The van der Waals surface area contributed by atoms with Crippen LogP contribution in [0.1, 0.15) is 5.82 Å². The van der Waals surface area contributed by atoms with E-state index < -0.39 is 10.0 Å². The van der Waals surface area contributed by atoms with Gasteiger partial charge in [0.15, 0.2) is 10.9 Å². The number of sulfonamides is 1. The van der Waals surface area contributed by atoms with Crippen molar-refractivity contribution in [3.63, 3.8) is 0 Å². The van der Waals surface area contributed by atoms with Crippen LogP contribution in [0, 0.1) is 6.92 Å². The smallest absolute Gasteiger partial charge is 0.334 e. The topological polar surface area (TPSA) is 114 Å². The molecule has 9 heteroatoms. The molecule has 0 amide bonds. The van der Waals surface area contributed by atoms with Gasteiger partial charge in [-0.15, -0.1) is 0 Å². The van der Waals surface area contributed by atoms with Gasteiger partial charge in [0.05, 0.1) is 12.5 Å². The number of anilines is 1. The monoisotopic (exact) mass is 229 g/mol. The summed E-state index contributed by atoms with van der Waals surface area (Å²) in [5, 5.41) is 3.37. The van der Waals surface area contributed by atoms with Crippen LogP contribution in [0.25, 0.3) is 0 Å². The zero-order chi connectivity index (χ0) is 10.9. The van der Waals surface area contributed by atoms with Gasteiger partial charge in [0.2, 0.25) is 0 Å². The molecule has 0 aliphatic heterocycles. The molecule has 2 rings (SSSR count). The van der Waals surface area contributed by atoms with E-state index in [0.717, 1.165) is 0 Å². The summed E-state index contributed by atoms with van der Waals surface area (Å²) in [6, 6.07) is -0.179. The Morgan fingerprint density at radius 1 is 1.53 bits per heavy atom. The van der Waals surface area contributed by atoms with Gasteiger partial charge in [-0.25, -0.2) is 9.71 Å². The number of hydrogen-bond acceptors (Lipinski definition) is 6. The summed E-state index contributed by atoms with van der Waals surface area (Å²) in [6.07, 6.45) is 2.43. The highest BCUT2D eigenvalue weighted by atomic mass is 32.2. The van der Waals surface area contributed by atoms with Gasteiger partial charge < -0.3 is 9.51 Å². The van der Waals surface area contributed by atoms with Crippen molar-refractivity contribution in [1.29, 1.82) is 0 Å². The molecule has 0 unspecified atom stereocenters. The van der Waals surface area contributed by atoms with Gasteiger partial charge in [0.25, 0.3) is 10.0 Å². The number of aromatic nitrogens is 4. The van der Waals surface area contributed by atoms with Crippen LogP contribution in [-0.4, -0.2) is 28.5 Å². The van der Waals surface area contributed by atoms with Crippen molar-refractivity contribution in [2.24, 2.45) is 0 Å². The first kappa shape index (κ1) is 9.65. The van der Waals surface area contributed by atoms with Gasteiger partial charge in [-0.3, -0.25) is 0 Å². The summed E-state index contributed by atoms with van der Waals surface area (Å²) in [4.78, 5) is 9.75. The predicted octanol–water partition coefficient (Wildman–Crippen LogP) is -0.0981. The van der Waals surface area contributed by atoms with Crippen molar-refractivity contribution in [1.82, 2.24) is 20.1 Å². The van der Waals surface area contributed by atoms with E-state index in [0.29, 0.717) is 5.82 Å². The molecule has 0 saturated heterocycles. The van der Waals surface area contributed by atoms with Crippen LogP contribution in [0.4, 0.5) is 6.01 Å². The number of aromatic amines is 1. The van der Waals surface area contributed by atoms with E-state index in [1.165, 1.54) is 12.5 Å². The first-order valence-electron chi connectivity index (χ1n) is 3.89. The lowest BCUT2D eigenvalue weighted by atomic mass is 10.8. The van der Waals surface area contributed by atoms with E-state index in [1.54, 1.807) is 6.92 Å². The van der Waals surface area contributed by atoms with Crippen molar-refractivity contribution >= 4 is 16.0 Å². The highest BCUT2D eigenvalue weighted by Gasteiger charge is 2.18. The molecule has 2 heterocycles. The third kappa shape index (κ3) is 1.96. The van der Waals surface area contributed by atoms with Crippen LogP contribution in [0.3, 0.4) is 0 Å². The Balaban J connectivity index is 2.26. The van der Waals surface area contributed by atoms with Crippen molar-refractivity contribution in [2.75, 3.05) is 4.72 Å². The van der Waals surface area contributed by atoms with Gasteiger partial charge in [-0.1, -0.05) is 5.16 Å². The molecule has 2 N–H and O–H groups in total. The van der Waals surface area contributed by atoms with E-state index >= 15 is 0 Å². The van der Waals surface area contributed by atoms with Gasteiger partial charge in [-0.2, -0.15) is 13.4 Å². The maximum Gasteiger partial charge on any atom is 0.335 e. The van der Waals surface area contributed by atoms with E-state index in [1.807, 2.05) is 0 Å². The van der Waals surface area contributed by atoms with E-state index in [2.05, 4.69) is 29.4 Å². The number of H-pyrrole nitrogens is 1. The fourth-order valence-electron chi connectivity index (χ4n) is 0.899. The Labute approximate surface area is 84.8 Å². The Kier molecular flexibility index (Phi) is 2.15. The van der Waals surface area contributed by atoms with Gasteiger partial charge >= 0.3 is 6.01 Å². The largest absolute Gasteiger partial charge is 0.335 e. The predicted molar refractivity (Wildman–Crippen MR) is 48.4 cm³/mol. The number of imidazole rings is 1. The Hall–Kier alpha value is -1.90. The summed E-state index contributed by atoms with van der Waals surface area (Å²) in [6.45, 7) is 1.58. The molecule has 0 saturated carbocycles. The molecule has 0 fully saturated rings. The summed E-state index contributed by atoms with van der Waals surface area (Å²) in [5.41, 5.74) is 0. The first-order valence-corrected chi connectivity index (χ1v) is 5.38. The van der Waals surface area contributed by atoms with Crippen molar-refractivity contribution in [2.45, 2.75) is 11.9 Å². The Bertz CT molecular complexity index is 543. The van der Waals surface area contributed by atoms with Crippen LogP contribution >= 0.6 is 0 Å². The fraction of sp³-hybridized carbons (Fsp3) is 0.167. The minimum atomic E-state index is -3.72. The molecule has 2 aromatic rings. The second-order valence-corrected chi connectivity index (χ2v) is 4.32. The maximum absolute atomic E-state index is 11.6. The second kappa shape index (κ2) is 3.35. The van der Waals surface area contributed by atoms with Crippen LogP contribution < -0.4 is 4.72 Å². The van der Waals surface area contributed by atoms with E-state index in [-0.39, 0.29) is 11.0 Å². The normalized spacial score (nSPS) is 11.5. The van der Waals surface area contributed by atoms with Gasteiger partial charge in [-0.05, 0) is 6.92 Å². The first-order chi connectivity index (χ1) is 7.08. The van der Waals surface area contributed by atoms with Crippen LogP contribution in [0.15, 0.2) is 22.1 Å². The lowest BCUT2D eigenvalue weighted by molar-refractivity contribution is 0.429. The summed E-state index contributed by atoms with van der Waals surface area (Å²) in [5.74, 6) is 0.345. The second-order valence-electron chi connectivity index (χ2n) is 2.67. The molecule has 0 spiro atoms. The molecule has 15 heavy (non-hydrogen) atoms. The minimum Gasteiger partial charge on any atom is -0.334 e. The lowest BCUT2D eigenvalue weighted by Gasteiger charge is -1.98. The zero-order valence-corrected chi connectivity index (χ0v) is 8.45. The molecular formula is C6H7N5O3S. The van der Waals surface area contributed by atoms with Crippen LogP contribution in [0.2, 0.25) is 0 Å². The standard InChI is InChI=1S/C6H7N5O3S/c1-4-9-6(14-10-4)11-15(12,13)5-2-7-3-8-5/h2-3H,1H3,(H,7,8)(H,9,10,11). The van der Waals surface area contributed by atoms with E-state index in [9.17, 15) is 8.42 Å². The van der Waals surface area contributed by atoms with Crippen molar-refractivity contribution in [3.05, 3.63) is 18.3 Å². The fourth-order valence-corrected chi connectivity index (χ4v) is 1.73. The third-order valence-electron chi connectivity index (χ3n) is 1.51. The SMILES string of the molecule is Cc1noc(NS(=O)(=O)c2cnc[nH]2)n1. The number of aryl methyl sites for hydroxylation is 1. The third-order valence-corrected chi connectivity index (χ3v) is 2.76. The molecular weight excluding hydrogens is 222 g/mol. The Morgan fingerprint density at radius 2 is 2.33 bits per heavy atom. The minimum absolute atomic E-state index is 0.0710. The molecule has 0 aliphatic carbocycles. The van der Waals surface area contributed by atoms with Crippen molar-refractivity contribution < 1.29 is 12.9 Å². The van der Waals surface area contributed by atoms with Crippen LogP contribution in [0.5, 0.6) is 0 Å². The average Bonchev–Trinajstić information content (AvgIpc) is 2.75.